The number of aryl methyl sites for hydroxylation is 2. The average Bonchev–Trinajstić information content (AvgIpc) is 3.03. The van der Waals surface area contributed by atoms with Gasteiger partial charge >= 0.3 is 0 Å². The van der Waals surface area contributed by atoms with E-state index in [0.29, 0.717) is 0 Å². The third kappa shape index (κ3) is 3.31. The van der Waals surface area contributed by atoms with E-state index in [2.05, 4.69) is 73.6 Å². The van der Waals surface area contributed by atoms with Crippen LogP contribution in [0.25, 0.3) is 16.9 Å². The average molecular weight is 501 g/mol. The zero-order valence-corrected chi connectivity index (χ0v) is 18.9. The summed E-state index contributed by atoms with van der Waals surface area (Å²) in [5.74, 6) is 1.67. The number of methoxy groups -OCH3 is 1. The molecule has 4 rings (SSSR count). The number of hydrogen-bond donors (Lipinski definition) is 1. The van der Waals surface area contributed by atoms with Crippen molar-refractivity contribution < 1.29 is 4.74 Å². The normalized spacial score (nSPS) is 11.0. The van der Waals surface area contributed by atoms with E-state index in [1.807, 2.05) is 36.5 Å². The Labute approximate surface area is 180 Å². The summed E-state index contributed by atoms with van der Waals surface area (Å²) < 4.78 is 9.53. The van der Waals surface area contributed by atoms with Gasteiger partial charge in [-0.15, -0.1) is 0 Å². The molecule has 0 atom stereocenters. The molecule has 0 saturated heterocycles. The zero-order valence-electron chi connectivity index (χ0n) is 15.8. The van der Waals surface area contributed by atoms with Crippen LogP contribution in [0.15, 0.2) is 63.7 Å². The number of ether oxygens (including phenoxy) is 1. The monoisotopic (exact) mass is 499 g/mol. The van der Waals surface area contributed by atoms with E-state index in [1.165, 1.54) is 11.1 Å². The molecule has 0 bridgehead atoms. The molecule has 4 aromatic rings. The van der Waals surface area contributed by atoms with Crippen LogP contribution < -0.4 is 10.1 Å². The number of halogens is 2. The Balaban J connectivity index is 2.02. The molecule has 2 heterocycles. The molecule has 0 amide bonds. The summed E-state index contributed by atoms with van der Waals surface area (Å²) in [5, 5.41) is 3.64. The van der Waals surface area contributed by atoms with Gasteiger partial charge in [-0.3, -0.25) is 4.40 Å². The number of nitrogens with one attached hydrogen (secondary N) is 1. The summed E-state index contributed by atoms with van der Waals surface area (Å²) in [4.78, 5) is 4.94. The lowest BCUT2D eigenvalue weighted by Crippen LogP contribution is -2.01. The standard InChI is InChI=1S/C22H19Br2N3O/c1-13-7-6-8-14(2)19(13)25-22-20(16-9-4-5-10-18(16)28-3)26-21-17(24)11-15(23)12-27(21)22/h4-12,25H,1-3H3. The van der Waals surface area contributed by atoms with Crippen molar-refractivity contribution in [3.05, 3.63) is 74.8 Å². The van der Waals surface area contributed by atoms with E-state index in [1.54, 1.807) is 7.11 Å². The first-order valence-electron chi connectivity index (χ1n) is 8.83. The molecule has 0 unspecified atom stereocenters. The van der Waals surface area contributed by atoms with Crippen LogP contribution in [-0.4, -0.2) is 16.5 Å². The van der Waals surface area contributed by atoms with E-state index < -0.39 is 0 Å². The van der Waals surface area contributed by atoms with Crippen molar-refractivity contribution in [3.63, 3.8) is 0 Å². The van der Waals surface area contributed by atoms with Crippen molar-refractivity contribution in [1.82, 2.24) is 9.38 Å². The number of aromatic nitrogens is 2. The van der Waals surface area contributed by atoms with Crippen LogP contribution >= 0.6 is 31.9 Å². The maximum absolute atomic E-state index is 5.60. The molecule has 0 spiro atoms. The largest absolute Gasteiger partial charge is 0.496 e. The van der Waals surface area contributed by atoms with E-state index >= 15 is 0 Å². The van der Waals surface area contributed by atoms with Crippen molar-refractivity contribution in [2.24, 2.45) is 0 Å². The lowest BCUT2D eigenvalue weighted by Gasteiger charge is -2.15. The van der Waals surface area contributed by atoms with Gasteiger partial charge in [0.15, 0.2) is 5.65 Å². The van der Waals surface area contributed by atoms with Gasteiger partial charge in [-0.25, -0.2) is 4.98 Å². The van der Waals surface area contributed by atoms with Crippen LogP contribution in [-0.2, 0) is 0 Å². The third-order valence-corrected chi connectivity index (χ3v) is 5.75. The summed E-state index contributed by atoms with van der Waals surface area (Å²) in [6.45, 7) is 4.21. The fraction of sp³-hybridized carbons (Fsp3) is 0.136. The van der Waals surface area contributed by atoms with Crippen molar-refractivity contribution in [3.8, 4) is 17.0 Å². The number of pyridine rings is 1. The summed E-state index contributed by atoms with van der Waals surface area (Å²) in [7, 11) is 1.68. The second-order valence-electron chi connectivity index (χ2n) is 6.60. The van der Waals surface area contributed by atoms with Crippen LogP contribution in [0.1, 0.15) is 11.1 Å². The fourth-order valence-electron chi connectivity index (χ4n) is 3.35. The van der Waals surface area contributed by atoms with Gasteiger partial charge in [-0.2, -0.15) is 0 Å². The molecule has 142 valence electrons. The Morgan fingerprint density at radius 2 is 1.71 bits per heavy atom. The maximum Gasteiger partial charge on any atom is 0.153 e. The molecule has 0 aliphatic heterocycles. The van der Waals surface area contributed by atoms with E-state index in [-0.39, 0.29) is 0 Å². The number of hydrogen-bond acceptors (Lipinski definition) is 3. The molecule has 0 saturated carbocycles. The first-order valence-corrected chi connectivity index (χ1v) is 10.4. The summed E-state index contributed by atoms with van der Waals surface area (Å²) in [6.07, 6.45) is 2.02. The smallest absolute Gasteiger partial charge is 0.153 e. The Bertz CT molecular complexity index is 1160. The molecule has 0 radical (unpaired) electrons. The van der Waals surface area contributed by atoms with E-state index in [0.717, 1.165) is 43.1 Å². The number of imidazole rings is 1. The Hall–Kier alpha value is -2.31. The molecule has 6 heteroatoms. The number of nitrogens with zero attached hydrogens (tertiary/aromatic N) is 2. The molecule has 0 aliphatic carbocycles. The number of benzene rings is 2. The van der Waals surface area contributed by atoms with Gasteiger partial charge in [0, 0.05) is 21.9 Å². The van der Waals surface area contributed by atoms with Crippen molar-refractivity contribution in [2.45, 2.75) is 13.8 Å². The van der Waals surface area contributed by atoms with Gasteiger partial charge in [0.1, 0.15) is 17.3 Å². The minimum atomic E-state index is 0.783. The predicted molar refractivity (Wildman–Crippen MR) is 122 cm³/mol. The summed E-state index contributed by atoms with van der Waals surface area (Å²) in [6, 6.07) is 16.2. The van der Waals surface area contributed by atoms with Crippen molar-refractivity contribution in [1.29, 1.82) is 0 Å². The minimum absolute atomic E-state index is 0.783. The first kappa shape index (κ1) is 19.0. The number of para-hydroxylation sites is 2. The number of fused-ring (bicyclic) bond motifs is 1. The maximum atomic E-state index is 5.60. The molecule has 2 aromatic carbocycles. The van der Waals surface area contributed by atoms with Gasteiger partial charge in [0.25, 0.3) is 0 Å². The number of anilines is 2. The van der Waals surface area contributed by atoms with Crippen LogP contribution in [0.3, 0.4) is 0 Å². The van der Waals surface area contributed by atoms with E-state index in [9.17, 15) is 0 Å². The Morgan fingerprint density at radius 3 is 2.43 bits per heavy atom. The molecule has 0 aliphatic rings. The van der Waals surface area contributed by atoms with Gasteiger partial charge < -0.3 is 10.1 Å². The quantitative estimate of drug-likeness (QED) is 0.331. The predicted octanol–water partition coefficient (Wildman–Crippen LogP) is 6.90. The Kier molecular flexibility index (Phi) is 5.17. The SMILES string of the molecule is COc1ccccc1-c1nc2c(Br)cc(Br)cn2c1Nc1c(C)cccc1C. The highest BCUT2D eigenvalue weighted by Crippen LogP contribution is 2.39. The van der Waals surface area contributed by atoms with Crippen LogP contribution in [0.4, 0.5) is 11.5 Å². The molecule has 1 N–H and O–H groups in total. The third-order valence-electron chi connectivity index (χ3n) is 4.73. The summed E-state index contributed by atoms with van der Waals surface area (Å²) >= 11 is 7.24. The van der Waals surface area contributed by atoms with Gasteiger partial charge in [0.05, 0.1) is 11.6 Å². The van der Waals surface area contributed by atoms with Crippen molar-refractivity contribution in [2.75, 3.05) is 12.4 Å². The van der Waals surface area contributed by atoms with Gasteiger partial charge in [-0.05, 0) is 75.0 Å². The topological polar surface area (TPSA) is 38.6 Å². The summed E-state index contributed by atoms with van der Waals surface area (Å²) in [5.41, 5.74) is 6.03. The van der Waals surface area contributed by atoms with Crippen LogP contribution in [0.5, 0.6) is 5.75 Å². The minimum Gasteiger partial charge on any atom is -0.496 e. The molecular weight excluding hydrogens is 482 g/mol. The fourth-order valence-corrected chi connectivity index (χ4v) is 4.62. The molecular formula is C22H19Br2N3O. The molecule has 2 aromatic heterocycles. The van der Waals surface area contributed by atoms with Gasteiger partial charge in [0.2, 0.25) is 0 Å². The van der Waals surface area contributed by atoms with Crippen molar-refractivity contribution >= 4 is 49.0 Å². The molecule has 4 nitrogen and oxygen atoms in total. The highest BCUT2D eigenvalue weighted by Gasteiger charge is 2.20. The molecule has 0 fully saturated rings. The lowest BCUT2D eigenvalue weighted by molar-refractivity contribution is 0.416. The zero-order chi connectivity index (χ0) is 19.8. The Morgan fingerprint density at radius 1 is 1.00 bits per heavy atom. The lowest BCUT2D eigenvalue weighted by atomic mass is 10.1. The number of rotatable bonds is 4. The molecule has 28 heavy (non-hydrogen) atoms. The van der Waals surface area contributed by atoms with Crippen LogP contribution in [0.2, 0.25) is 0 Å². The van der Waals surface area contributed by atoms with E-state index in [4.69, 9.17) is 9.72 Å². The van der Waals surface area contributed by atoms with Crippen LogP contribution in [0, 0.1) is 13.8 Å². The van der Waals surface area contributed by atoms with Gasteiger partial charge in [-0.1, -0.05) is 30.3 Å². The highest BCUT2D eigenvalue weighted by molar-refractivity contribution is 9.11. The second kappa shape index (κ2) is 7.60. The second-order valence-corrected chi connectivity index (χ2v) is 8.37. The first-order chi connectivity index (χ1) is 13.5. The highest BCUT2D eigenvalue weighted by atomic mass is 79.9.